The van der Waals surface area contributed by atoms with E-state index in [-0.39, 0.29) is 12.0 Å². The third-order valence-electron chi connectivity index (χ3n) is 3.56. The van der Waals surface area contributed by atoms with Gasteiger partial charge in [0.1, 0.15) is 18.0 Å². The Hall–Kier alpha value is -2.22. The van der Waals surface area contributed by atoms with Crippen LogP contribution in [0.25, 0.3) is 0 Å². The first-order valence-corrected chi connectivity index (χ1v) is 6.82. The summed E-state index contributed by atoms with van der Waals surface area (Å²) >= 11 is 0. The molecule has 0 atom stereocenters. The van der Waals surface area contributed by atoms with Gasteiger partial charge in [-0.05, 0) is 61.9 Å². The van der Waals surface area contributed by atoms with Gasteiger partial charge in [0.15, 0.2) is 5.83 Å². The maximum absolute atomic E-state index is 12.9. The lowest BCUT2D eigenvalue weighted by Crippen LogP contribution is -2.24. The van der Waals surface area contributed by atoms with Crippen molar-refractivity contribution in [3.63, 3.8) is 0 Å². The second-order valence-electron chi connectivity index (χ2n) is 5.08. The first-order valence-electron chi connectivity index (χ1n) is 6.82. The average molecular weight is 291 g/mol. The molecule has 0 aliphatic heterocycles. The molecule has 0 saturated heterocycles. The summed E-state index contributed by atoms with van der Waals surface area (Å²) in [6, 6.07) is 6.65. The van der Waals surface area contributed by atoms with Gasteiger partial charge in [0.2, 0.25) is 0 Å². The van der Waals surface area contributed by atoms with E-state index in [1.54, 1.807) is 0 Å². The van der Waals surface area contributed by atoms with E-state index >= 15 is 0 Å². The molecule has 1 aromatic rings. The van der Waals surface area contributed by atoms with E-state index in [0.29, 0.717) is 31.2 Å². The normalized spacial score (nSPS) is 22.4. The number of ether oxygens (including phenoxy) is 1. The van der Waals surface area contributed by atoms with Crippen LogP contribution in [0.4, 0.5) is 8.78 Å². The van der Waals surface area contributed by atoms with E-state index < -0.39 is 17.6 Å². The Morgan fingerprint density at radius 2 is 1.86 bits per heavy atom. The van der Waals surface area contributed by atoms with Gasteiger partial charge in [0, 0.05) is 0 Å². The molecular weight excluding hydrogens is 276 g/mol. The molecule has 0 bridgehead atoms. The number of hydrogen-bond donors (Lipinski definition) is 0. The second-order valence-corrected chi connectivity index (χ2v) is 5.08. The first kappa shape index (κ1) is 15.2. The zero-order valence-electron chi connectivity index (χ0n) is 11.4. The summed E-state index contributed by atoms with van der Waals surface area (Å²) in [7, 11) is 0. The summed E-state index contributed by atoms with van der Waals surface area (Å²) in [5.74, 6) is -1.62. The van der Waals surface area contributed by atoms with Crippen molar-refractivity contribution >= 4 is 5.97 Å². The van der Waals surface area contributed by atoms with E-state index in [4.69, 9.17) is 10.00 Å². The van der Waals surface area contributed by atoms with Crippen molar-refractivity contribution in [1.29, 1.82) is 5.26 Å². The lowest BCUT2D eigenvalue weighted by Gasteiger charge is -2.26. The fourth-order valence-electron chi connectivity index (χ4n) is 2.42. The van der Waals surface area contributed by atoms with E-state index in [1.807, 2.05) is 0 Å². The number of esters is 1. The second kappa shape index (κ2) is 6.98. The number of allylic oxidation sites excluding steroid dienone is 2. The van der Waals surface area contributed by atoms with Gasteiger partial charge in [-0.1, -0.05) is 0 Å². The van der Waals surface area contributed by atoms with Crippen LogP contribution in [0.1, 0.15) is 36.0 Å². The van der Waals surface area contributed by atoms with Crippen molar-refractivity contribution in [3.05, 3.63) is 47.5 Å². The summed E-state index contributed by atoms with van der Waals surface area (Å²) in [6.45, 7) is 0. The Kier molecular flexibility index (Phi) is 5.04. The predicted molar refractivity (Wildman–Crippen MR) is 72.4 cm³/mol. The van der Waals surface area contributed by atoms with Gasteiger partial charge in [-0.25, -0.2) is 9.18 Å². The van der Waals surface area contributed by atoms with Crippen LogP contribution >= 0.6 is 0 Å². The molecule has 2 rings (SSSR count). The number of halogens is 2. The summed E-state index contributed by atoms with van der Waals surface area (Å²) in [6.07, 6.45) is 3.74. The van der Waals surface area contributed by atoms with Gasteiger partial charge in [0.05, 0.1) is 5.56 Å². The van der Waals surface area contributed by atoms with Gasteiger partial charge in [-0.2, -0.15) is 9.65 Å². The van der Waals surface area contributed by atoms with Crippen molar-refractivity contribution in [1.82, 2.24) is 0 Å². The number of carbonyl (C=O) groups excluding carboxylic acids is 1. The molecule has 0 heterocycles. The van der Waals surface area contributed by atoms with Crippen molar-refractivity contribution in [3.8, 4) is 6.07 Å². The van der Waals surface area contributed by atoms with Gasteiger partial charge in [-0.15, -0.1) is 0 Å². The predicted octanol–water partition coefficient (Wildman–Crippen LogP) is 3.92. The molecule has 5 heteroatoms. The van der Waals surface area contributed by atoms with Crippen LogP contribution in [0, 0.1) is 23.1 Å². The van der Waals surface area contributed by atoms with Gasteiger partial charge < -0.3 is 4.74 Å². The Morgan fingerprint density at radius 3 is 2.43 bits per heavy atom. The molecule has 0 radical (unpaired) electrons. The Bertz CT molecular complexity index is 567. The topological polar surface area (TPSA) is 50.1 Å². The quantitative estimate of drug-likeness (QED) is 0.626. The lowest BCUT2D eigenvalue weighted by atomic mass is 9.87. The zero-order chi connectivity index (χ0) is 15.2. The maximum Gasteiger partial charge on any atom is 0.338 e. The summed E-state index contributed by atoms with van der Waals surface area (Å²) in [5, 5.41) is 8.39. The highest BCUT2D eigenvalue weighted by molar-refractivity contribution is 5.89. The van der Waals surface area contributed by atoms with Crippen LogP contribution in [0.2, 0.25) is 0 Å². The zero-order valence-corrected chi connectivity index (χ0v) is 11.4. The minimum atomic E-state index is -0.762. The molecule has 110 valence electrons. The minimum absolute atomic E-state index is 0.0189. The number of rotatable bonds is 3. The van der Waals surface area contributed by atoms with Crippen LogP contribution in [0.5, 0.6) is 0 Å². The Morgan fingerprint density at radius 1 is 1.24 bits per heavy atom. The van der Waals surface area contributed by atoms with E-state index in [0.717, 1.165) is 0 Å². The maximum atomic E-state index is 12.9. The monoisotopic (exact) mass is 291 g/mol. The molecule has 21 heavy (non-hydrogen) atoms. The molecular formula is C16H15F2NO2. The Balaban J connectivity index is 1.85. The number of nitrogens with zero attached hydrogens (tertiary/aromatic N) is 1. The molecule has 1 aliphatic carbocycles. The van der Waals surface area contributed by atoms with E-state index in [1.165, 1.54) is 36.4 Å². The van der Waals surface area contributed by atoms with Gasteiger partial charge >= 0.3 is 5.97 Å². The molecule has 3 nitrogen and oxygen atoms in total. The molecule has 0 spiro atoms. The summed E-state index contributed by atoms with van der Waals surface area (Å²) in [4.78, 5) is 11.9. The van der Waals surface area contributed by atoms with E-state index in [2.05, 4.69) is 0 Å². The Labute approximate surface area is 121 Å². The fourth-order valence-corrected chi connectivity index (χ4v) is 2.42. The van der Waals surface area contributed by atoms with E-state index in [9.17, 15) is 13.6 Å². The number of hydrogen-bond acceptors (Lipinski definition) is 3. The van der Waals surface area contributed by atoms with Crippen molar-refractivity contribution in [2.24, 2.45) is 5.92 Å². The molecule has 0 aromatic heterocycles. The summed E-state index contributed by atoms with van der Waals surface area (Å²) < 4.78 is 31.0. The first-order chi connectivity index (χ1) is 10.1. The van der Waals surface area contributed by atoms with Crippen molar-refractivity contribution in [2.75, 3.05) is 0 Å². The van der Waals surface area contributed by atoms with Crippen LogP contribution in [0.3, 0.4) is 0 Å². The highest BCUT2D eigenvalue weighted by Gasteiger charge is 2.23. The SMILES string of the molecule is N#CC(F)=C[C@H]1CC[C@H](OC(=O)c2ccc(F)cc2)CC1. The highest BCUT2D eigenvalue weighted by atomic mass is 19.1. The number of nitriles is 1. The molecule has 0 amide bonds. The van der Waals surface area contributed by atoms with Crippen LogP contribution in [-0.2, 0) is 4.74 Å². The molecule has 1 saturated carbocycles. The third-order valence-corrected chi connectivity index (χ3v) is 3.56. The minimum Gasteiger partial charge on any atom is -0.459 e. The van der Waals surface area contributed by atoms with Crippen LogP contribution in [0.15, 0.2) is 36.2 Å². The molecule has 0 N–H and O–H groups in total. The smallest absolute Gasteiger partial charge is 0.338 e. The van der Waals surface area contributed by atoms with Gasteiger partial charge in [-0.3, -0.25) is 0 Å². The largest absolute Gasteiger partial charge is 0.459 e. The van der Waals surface area contributed by atoms with Gasteiger partial charge in [0.25, 0.3) is 0 Å². The molecule has 0 unspecified atom stereocenters. The summed E-state index contributed by atoms with van der Waals surface area (Å²) in [5.41, 5.74) is 0.314. The van der Waals surface area contributed by atoms with Crippen LogP contribution in [-0.4, -0.2) is 12.1 Å². The van der Waals surface area contributed by atoms with Crippen molar-refractivity contribution in [2.45, 2.75) is 31.8 Å². The fraction of sp³-hybridized carbons (Fsp3) is 0.375. The molecule has 1 fully saturated rings. The lowest BCUT2D eigenvalue weighted by molar-refractivity contribution is 0.0184. The molecule has 1 aliphatic rings. The standard InChI is InChI=1S/C16H15F2NO2/c17-13-5-3-12(4-6-13)16(20)21-15-7-1-11(2-8-15)9-14(18)10-19/h3-6,9,11,15H,1-2,7-8H2/t11-,15-. The number of benzene rings is 1. The van der Waals surface area contributed by atoms with Crippen molar-refractivity contribution < 1.29 is 18.3 Å². The highest BCUT2D eigenvalue weighted by Crippen LogP contribution is 2.28. The third kappa shape index (κ3) is 4.38. The number of carbonyl (C=O) groups is 1. The molecule has 1 aromatic carbocycles. The van der Waals surface area contributed by atoms with Crippen LogP contribution < -0.4 is 0 Å². The average Bonchev–Trinajstić information content (AvgIpc) is 2.49.